The van der Waals surface area contributed by atoms with Crippen molar-refractivity contribution in [3.8, 4) is 0 Å². The lowest BCUT2D eigenvalue weighted by Crippen LogP contribution is -2.56. The van der Waals surface area contributed by atoms with E-state index in [9.17, 15) is 0 Å². The van der Waals surface area contributed by atoms with Gasteiger partial charge in [-0.05, 0) is 28.3 Å². The third-order valence-electron chi connectivity index (χ3n) is 6.69. The molecule has 2 aliphatic rings. The summed E-state index contributed by atoms with van der Waals surface area (Å²) in [7, 11) is 0. The van der Waals surface area contributed by atoms with Gasteiger partial charge in [0.05, 0.1) is 11.3 Å². The summed E-state index contributed by atoms with van der Waals surface area (Å²) in [6.45, 7) is 2.70. The van der Waals surface area contributed by atoms with Crippen molar-refractivity contribution in [3.63, 3.8) is 0 Å². The molecule has 4 aromatic rings. The van der Waals surface area contributed by atoms with Crippen LogP contribution >= 0.6 is 11.8 Å². The number of thioether (sulfide) groups is 1. The zero-order valence-electron chi connectivity index (χ0n) is 19.0. The lowest BCUT2D eigenvalue weighted by Gasteiger charge is -2.46. The molecular weight excluding hydrogens is 434 g/mol. The summed E-state index contributed by atoms with van der Waals surface area (Å²) in [4.78, 5) is 7.19. The number of hydrogen-bond acceptors (Lipinski definition) is 4. The largest absolute Gasteiger partial charge is 0.340 e. The number of fused-ring (bicyclic) bond motifs is 1. The molecule has 0 unspecified atom stereocenters. The molecule has 0 atom stereocenters. The van der Waals surface area contributed by atoms with Gasteiger partial charge in [-0.1, -0.05) is 109 Å². The normalized spacial score (nSPS) is 15.6. The van der Waals surface area contributed by atoms with E-state index in [0.717, 1.165) is 25.6 Å². The van der Waals surface area contributed by atoms with Gasteiger partial charge >= 0.3 is 0 Å². The van der Waals surface area contributed by atoms with Gasteiger partial charge < -0.3 is 10.2 Å². The predicted molar refractivity (Wildman–Crippen MR) is 143 cm³/mol. The van der Waals surface area contributed by atoms with Crippen LogP contribution in [0, 0.1) is 0 Å². The Bertz CT molecular complexity index is 1190. The highest BCUT2D eigenvalue weighted by atomic mass is 32.2. The Morgan fingerprint density at radius 3 is 1.74 bits per heavy atom. The van der Waals surface area contributed by atoms with E-state index in [1.807, 2.05) is 0 Å². The van der Waals surface area contributed by atoms with E-state index in [1.165, 1.54) is 27.9 Å². The van der Waals surface area contributed by atoms with E-state index in [0.29, 0.717) is 5.25 Å². The zero-order valence-corrected chi connectivity index (χ0v) is 19.8. The number of hydrogen-bond donors (Lipinski definition) is 1. The second kappa shape index (κ2) is 9.03. The number of guanidine groups is 1. The molecule has 2 aliphatic heterocycles. The van der Waals surface area contributed by atoms with Gasteiger partial charge in [-0.15, -0.1) is 11.8 Å². The zero-order chi connectivity index (χ0) is 22.8. The fourth-order valence-corrected chi connectivity index (χ4v) is 6.76. The maximum atomic E-state index is 4.82. The van der Waals surface area contributed by atoms with Crippen LogP contribution in [0.1, 0.15) is 22.3 Å². The van der Waals surface area contributed by atoms with Crippen molar-refractivity contribution < 1.29 is 0 Å². The molecule has 168 valence electrons. The number of aliphatic imine (C=N–C) groups is 1. The van der Waals surface area contributed by atoms with Gasteiger partial charge in [0.2, 0.25) is 0 Å². The SMILES string of the molecule is c1ccc(C(SC2CN(C3=NCc4ccccc4N3)C2)(c2ccccc2)c2ccccc2)cc1. The van der Waals surface area contributed by atoms with E-state index in [-0.39, 0.29) is 4.75 Å². The van der Waals surface area contributed by atoms with Crippen LogP contribution in [0.5, 0.6) is 0 Å². The number of para-hydroxylation sites is 1. The van der Waals surface area contributed by atoms with Crippen molar-refractivity contribution in [2.75, 3.05) is 18.4 Å². The van der Waals surface area contributed by atoms with Crippen LogP contribution in [0.2, 0.25) is 0 Å². The summed E-state index contributed by atoms with van der Waals surface area (Å²) >= 11 is 2.07. The van der Waals surface area contributed by atoms with Crippen LogP contribution < -0.4 is 5.32 Å². The van der Waals surface area contributed by atoms with Crippen molar-refractivity contribution >= 4 is 23.4 Å². The molecule has 6 rings (SSSR count). The van der Waals surface area contributed by atoms with E-state index in [2.05, 4.69) is 137 Å². The Balaban J connectivity index is 1.31. The number of likely N-dealkylation sites (tertiary alicyclic amines) is 1. The quantitative estimate of drug-likeness (QED) is 0.350. The Morgan fingerprint density at radius 2 is 1.18 bits per heavy atom. The average Bonchev–Trinajstić information content (AvgIpc) is 2.90. The van der Waals surface area contributed by atoms with E-state index in [1.54, 1.807) is 0 Å². The molecule has 4 aromatic carbocycles. The standard InChI is InChI=1S/C30H27N3S/c1-4-13-24(14-5-1)30(25-15-6-2-7-16-25,26-17-8-3-9-18-26)34-27-21-33(22-27)29-31-20-23-12-10-11-19-28(23)32-29/h1-19,27H,20-22H2,(H,31,32). The lowest BCUT2D eigenvalue weighted by atomic mass is 9.84. The minimum Gasteiger partial charge on any atom is -0.340 e. The first-order valence-corrected chi connectivity index (χ1v) is 12.7. The highest BCUT2D eigenvalue weighted by Crippen LogP contribution is 2.51. The molecule has 0 bridgehead atoms. The molecule has 0 aromatic heterocycles. The van der Waals surface area contributed by atoms with E-state index >= 15 is 0 Å². The van der Waals surface area contributed by atoms with Crippen molar-refractivity contribution in [2.45, 2.75) is 16.5 Å². The number of nitrogens with one attached hydrogen (secondary N) is 1. The first-order chi connectivity index (χ1) is 16.8. The molecular formula is C30H27N3S. The highest BCUT2D eigenvalue weighted by molar-refractivity contribution is 8.01. The molecule has 3 nitrogen and oxygen atoms in total. The molecule has 0 radical (unpaired) electrons. The first kappa shape index (κ1) is 21.1. The van der Waals surface area contributed by atoms with Gasteiger partial charge in [-0.3, -0.25) is 0 Å². The van der Waals surface area contributed by atoms with Crippen LogP contribution in [0.15, 0.2) is 120 Å². The summed E-state index contributed by atoms with van der Waals surface area (Å²) < 4.78 is -0.269. The molecule has 2 heterocycles. The predicted octanol–water partition coefficient (Wildman–Crippen LogP) is 6.38. The topological polar surface area (TPSA) is 27.6 Å². The highest BCUT2D eigenvalue weighted by Gasteiger charge is 2.43. The van der Waals surface area contributed by atoms with Crippen molar-refractivity contribution in [2.24, 2.45) is 4.99 Å². The molecule has 4 heteroatoms. The Hall–Kier alpha value is -3.50. The Kier molecular flexibility index (Phi) is 5.60. The molecule has 0 aliphatic carbocycles. The number of anilines is 1. The minimum absolute atomic E-state index is 0.269. The van der Waals surface area contributed by atoms with E-state index in [4.69, 9.17) is 4.99 Å². The van der Waals surface area contributed by atoms with Crippen LogP contribution in [0.4, 0.5) is 5.69 Å². The summed E-state index contributed by atoms with van der Waals surface area (Å²) in [6.07, 6.45) is 0. The Morgan fingerprint density at radius 1 is 0.676 bits per heavy atom. The number of benzene rings is 4. The Labute approximate surface area is 205 Å². The molecule has 1 saturated heterocycles. The monoisotopic (exact) mass is 461 g/mol. The fourth-order valence-electron chi connectivity index (χ4n) is 4.94. The van der Waals surface area contributed by atoms with Gasteiger partial charge in [0.25, 0.3) is 0 Å². The van der Waals surface area contributed by atoms with Crippen LogP contribution in [-0.4, -0.2) is 29.2 Å². The van der Waals surface area contributed by atoms with Crippen LogP contribution in [0.25, 0.3) is 0 Å². The third kappa shape index (κ3) is 3.78. The third-order valence-corrected chi connectivity index (χ3v) is 8.39. The van der Waals surface area contributed by atoms with Gasteiger partial charge in [0.1, 0.15) is 0 Å². The van der Waals surface area contributed by atoms with Gasteiger partial charge in [-0.25, -0.2) is 4.99 Å². The number of rotatable bonds is 5. The summed E-state index contributed by atoms with van der Waals surface area (Å²) in [5, 5.41) is 4.03. The van der Waals surface area contributed by atoms with Crippen LogP contribution in [0.3, 0.4) is 0 Å². The maximum Gasteiger partial charge on any atom is 0.198 e. The van der Waals surface area contributed by atoms with Gasteiger partial charge in [0.15, 0.2) is 5.96 Å². The second-order valence-electron chi connectivity index (χ2n) is 8.85. The van der Waals surface area contributed by atoms with Gasteiger partial charge in [-0.2, -0.15) is 0 Å². The molecule has 34 heavy (non-hydrogen) atoms. The van der Waals surface area contributed by atoms with Gasteiger partial charge in [0, 0.05) is 24.0 Å². The minimum atomic E-state index is -0.269. The molecule has 0 spiro atoms. The van der Waals surface area contributed by atoms with Crippen molar-refractivity contribution in [1.82, 2.24) is 4.90 Å². The summed E-state index contributed by atoms with van der Waals surface area (Å²) in [5.41, 5.74) is 6.39. The summed E-state index contributed by atoms with van der Waals surface area (Å²) in [5.74, 6) is 1.00. The van der Waals surface area contributed by atoms with Crippen LogP contribution in [-0.2, 0) is 11.3 Å². The number of nitrogens with zero attached hydrogens (tertiary/aromatic N) is 2. The lowest BCUT2D eigenvalue weighted by molar-refractivity contribution is 0.308. The first-order valence-electron chi connectivity index (χ1n) is 11.8. The fraction of sp³-hybridized carbons (Fsp3) is 0.167. The second-order valence-corrected chi connectivity index (χ2v) is 10.4. The summed E-state index contributed by atoms with van der Waals surface area (Å²) in [6, 6.07) is 41.3. The molecule has 0 saturated carbocycles. The molecule has 0 amide bonds. The van der Waals surface area contributed by atoms with Crippen molar-refractivity contribution in [1.29, 1.82) is 0 Å². The molecule has 1 N–H and O–H groups in total. The average molecular weight is 462 g/mol. The maximum absolute atomic E-state index is 4.82. The smallest absolute Gasteiger partial charge is 0.198 e. The van der Waals surface area contributed by atoms with Crippen molar-refractivity contribution in [3.05, 3.63) is 138 Å². The van der Waals surface area contributed by atoms with E-state index < -0.39 is 0 Å². The molecule has 1 fully saturated rings.